The lowest BCUT2D eigenvalue weighted by molar-refractivity contribution is 0.0974. The molecule has 0 heterocycles. The van der Waals surface area contributed by atoms with E-state index in [1.165, 1.54) is 49.4 Å². The first-order valence-corrected chi connectivity index (χ1v) is 11.6. The minimum Gasteiger partial charge on any atom is -0.507 e. The Balaban J connectivity index is 1.74. The zero-order valence-corrected chi connectivity index (χ0v) is 20.0. The molecule has 2 aliphatic carbocycles. The number of aromatic hydroxyl groups is 4. The van der Waals surface area contributed by atoms with E-state index in [4.69, 9.17) is 0 Å². The number of fused-ring (bicyclic) bond motifs is 4. The van der Waals surface area contributed by atoms with E-state index in [2.05, 4.69) is 0 Å². The predicted octanol–water partition coefficient (Wildman–Crippen LogP) is 4.74. The van der Waals surface area contributed by atoms with Gasteiger partial charge in [0, 0.05) is 33.4 Å². The van der Waals surface area contributed by atoms with Gasteiger partial charge in [-0.15, -0.1) is 0 Å². The van der Waals surface area contributed by atoms with E-state index in [-0.39, 0.29) is 66.6 Å². The lowest BCUT2D eigenvalue weighted by Crippen LogP contribution is -2.22. The van der Waals surface area contributed by atoms with E-state index < -0.39 is 40.4 Å². The van der Waals surface area contributed by atoms with E-state index in [1.807, 2.05) is 0 Å². The van der Waals surface area contributed by atoms with Crippen molar-refractivity contribution in [3.63, 3.8) is 0 Å². The fourth-order valence-corrected chi connectivity index (χ4v) is 5.45. The van der Waals surface area contributed by atoms with Crippen molar-refractivity contribution in [2.24, 2.45) is 0 Å². The molecule has 8 nitrogen and oxygen atoms in total. The monoisotopic (exact) mass is 506 g/mol. The summed E-state index contributed by atoms with van der Waals surface area (Å²) in [4.78, 5) is 53.1. The SMILES string of the molecule is CC1=CC(=O)c2c(c(-c3ccc4c(c3O)C(=O)c3c(O)cc(C)cc3C4=O)c3cccc(O)c3c2O)C1=O. The molecular formula is C30H18O8. The zero-order chi connectivity index (χ0) is 27.2. The summed E-state index contributed by atoms with van der Waals surface area (Å²) in [6.45, 7) is 3.10. The molecular weight excluding hydrogens is 488 g/mol. The van der Waals surface area contributed by atoms with Gasteiger partial charge in [-0.1, -0.05) is 12.1 Å². The van der Waals surface area contributed by atoms with Gasteiger partial charge in [0.05, 0.1) is 22.1 Å². The van der Waals surface area contributed by atoms with E-state index in [9.17, 15) is 39.6 Å². The van der Waals surface area contributed by atoms with Crippen molar-refractivity contribution >= 4 is 33.9 Å². The number of Topliss-reactive ketones (excluding diaryl/α,β-unsaturated/α-hetero) is 1. The Labute approximate surface area is 214 Å². The van der Waals surface area contributed by atoms with Crippen LogP contribution in [0.1, 0.15) is 65.0 Å². The summed E-state index contributed by atoms with van der Waals surface area (Å²) >= 11 is 0. The standard InChI is InChI=1S/C30H18O8/c1-11-8-16-22(18(32)9-11)29(37)23-15(27(16)35)7-6-14(28(23)36)20-13-4-3-5-17(31)21(13)30(38)24-19(33)10-12(2)26(34)25(20)24/h3-10,31-32,36,38H,1-2H3. The summed E-state index contributed by atoms with van der Waals surface area (Å²) in [5, 5.41) is 43.5. The molecule has 4 aromatic rings. The highest BCUT2D eigenvalue weighted by Crippen LogP contribution is 2.50. The predicted molar refractivity (Wildman–Crippen MR) is 137 cm³/mol. The number of phenolic OH excluding ortho intramolecular Hbond substituents is 4. The molecule has 8 heteroatoms. The van der Waals surface area contributed by atoms with Gasteiger partial charge in [0.2, 0.25) is 5.78 Å². The number of aryl methyl sites for hydroxylation is 1. The molecule has 0 saturated heterocycles. The van der Waals surface area contributed by atoms with Crippen molar-refractivity contribution in [3.05, 3.63) is 93.1 Å². The number of hydrogen-bond donors (Lipinski definition) is 4. The lowest BCUT2D eigenvalue weighted by Gasteiger charge is -2.24. The Hall–Kier alpha value is -5.24. The van der Waals surface area contributed by atoms with Gasteiger partial charge < -0.3 is 20.4 Å². The van der Waals surface area contributed by atoms with Crippen LogP contribution in [0.2, 0.25) is 0 Å². The maximum atomic E-state index is 13.5. The summed E-state index contributed by atoms with van der Waals surface area (Å²) in [5.74, 6) is -4.62. The van der Waals surface area contributed by atoms with Crippen molar-refractivity contribution in [1.29, 1.82) is 0 Å². The van der Waals surface area contributed by atoms with E-state index in [0.29, 0.717) is 5.56 Å². The van der Waals surface area contributed by atoms with Gasteiger partial charge in [-0.05, 0) is 61.2 Å². The Bertz CT molecular complexity index is 1890. The molecule has 6 rings (SSSR count). The van der Waals surface area contributed by atoms with Crippen LogP contribution in [0.3, 0.4) is 0 Å². The molecule has 0 amide bonds. The van der Waals surface area contributed by atoms with Crippen molar-refractivity contribution in [1.82, 2.24) is 0 Å². The molecule has 0 radical (unpaired) electrons. The first-order chi connectivity index (χ1) is 18.0. The van der Waals surface area contributed by atoms with Crippen LogP contribution < -0.4 is 0 Å². The number of rotatable bonds is 1. The van der Waals surface area contributed by atoms with Gasteiger partial charge in [0.1, 0.15) is 23.0 Å². The Kier molecular flexibility index (Phi) is 4.65. The molecule has 0 spiro atoms. The maximum absolute atomic E-state index is 13.5. The van der Waals surface area contributed by atoms with Gasteiger partial charge in [0.15, 0.2) is 17.3 Å². The second-order valence-electron chi connectivity index (χ2n) is 9.44. The molecule has 4 aromatic carbocycles. The zero-order valence-electron chi connectivity index (χ0n) is 20.0. The topological polar surface area (TPSA) is 149 Å². The van der Waals surface area contributed by atoms with Crippen molar-refractivity contribution in [2.45, 2.75) is 13.8 Å². The Morgan fingerprint density at radius 3 is 2.03 bits per heavy atom. The summed E-state index contributed by atoms with van der Waals surface area (Å²) in [7, 11) is 0. The number of benzene rings is 4. The van der Waals surface area contributed by atoms with Crippen molar-refractivity contribution in [2.75, 3.05) is 0 Å². The molecule has 0 fully saturated rings. The van der Waals surface area contributed by atoms with Crippen LogP contribution in [0.25, 0.3) is 21.9 Å². The molecule has 0 unspecified atom stereocenters. The number of allylic oxidation sites excluding steroid dienone is 2. The second-order valence-corrected chi connectivity index (χ2v) is 9.44. The molecule has 0 aliphatic heterocycles. The number of carbonyl (C=O) groups excluding carboxylic acids is 4. The second kappa shape index (κ2) is 7.63. The fraction of sp³-hybridized carbons (Fsp3) is 0.0667. The molecule has 2 aliphatic rings. The van der Waals surface area contributed by atoms with Crippen LogP contribution in [0.15, 0.2) is 54.1 Å². The average molecular weight is 506 g/mol. The van der Waals surface area contributed by atoms with E-state index in [1.54, 1.807) is 6.92 Å². The summed E-state index contributed by atoms with van der Waals surface area (Å²) in [6, 6.07) is 9.75. The van der Waals surface area contributed by atoms with Crippen LogP contribution in [-0.2, 0) is 0 Å². The quantitative estimate of drug-likeness (QED) is 0.255. The van der Waals surface area contributed by atoms with Crippen LogP contribution in [0.5, 0.6) is 23.0 Å². The first kappa shape index (κ1) is 23.2. The maximum Gasteiger partial charge on any atom is 0.201 e. The van der Waals surface area contributed by atoms with Gasteiger partial charge >= 0.3 is 0 Å². The summed E-state index contributed by atoms with van der Waals surface area (Å²) in [5.41, 5.74) is -0.635. The van der Waals surface area contributed by atoms with Crippen LogP contribution in [-0.4, -0.2) is 43.6 Å². The highest BCUT2D eigenvalue weighted by molar-refractivity contribution is 6.33. The van der Waals surface area contributed by atoms with Gasteiger partial charge in [0.25, 0.3) is 0 Å². The molecule has 0 bridgehead atoms. The van der Waals surface area contributed by atoms with Crippen molar-refractivity contribution in [3.8, 4) is 34.1 Å². The molecule has 38 heavy (non-hydrogen) atoms. The van der Waals surface area contributed by atoms with Crippen LogP contribution >= 0.6 is 0 Å². The number of ketones is 4. The fourth-order valence-electron chi connectivity index (χ4n) is 5.45. The third kappa shape index (κ3) is 2.85. The molecule has 4 N–H and O–H groups in total. The van der Waals surface area contributed by atoms with Crippen LogP contribution in [0.4, 0.5) is 0 Å². The number of phenols is 4. The third-order valence-electron chi connectivity index (χ3n) is 7.12. The average Bonchev–Trinajstić information content (AvgIpc) is 2.85. The summed E-state index contributed by atoms with van der Waals surface area (Å²) in [6.07, 6.45) is 1.08. The minimum absolute atomic E-state index is 0.00562. The summed E-state index contributed by atoms with van der Waals surface area (Å²) < 4.78 is 0. The highest BCUT2D eigenvalue weighted by atomic mass is 16.3. The highest BCUT2D eigenvalue weighted by Gasteiger charge is 2.38. The third-order valence-corrected chi connectivity index (χ3v) is 7.12. The Morgan fingerprint density at radius 2 is 1.29 bits per heavy atom. The van der Waals surface area contributed by atoms with Gasteiger partial charge in [-0.2, -0.15) is 0 Å². The van der Waals surface area contributed by atoms with Crippen LogP contribution in [0, 0.1) is 6.92 Å². The van der Waals surface area contributed by atoms with Gasteiger partial charge in [-0.3, -0.25) is 19.2 Å². The smallest absolute Gasteiger partial charge is 0.201 e. The van der Waals surface area contributed by atoms with E-state index in [0.717, 1.165) is 6.08 Å². The molecule has 0 saturated carbocycles. The molecule has 0 atom stereocenters. The lowest BCUT2D eigenvalue weighted by atomic mass is 9.77. The largest absolute Gasteiger partial charge is 0.507 e. The van der Waals surface area contributed by atoms with Gasteiger partial charge in [-0.25, -0.2) is 0 Å². The normalized spacial score (nSPS) is 14.3. The number of hydrogen-bond acceptors (Lipinski definition) is 8. The molecule has 186 valence electrons. The molecule has 0 aromatic heterocycles. The number of carbonyl (C=O) groups is 4. The first-order valence-electron chi connectivity index (χ1n) is 11.6. The Morgan fingerprint density at radius 1 is 0.579 bits per heavy atom. The minimum atomic E-state index is -0.787. The van der Waals surface area contributed by atoms with Crippen molar-refractivity contribution < 1.29 is 39.6 Å². The van der Waals surface area contributed by atoms with E-state index >= 15 is 0 Å².